The van der Waals surface area contributed by atoms with Gasteiger partial charge in [-0.05, 0) is 59.8 Å². The van der Waals surface area contributed by atoms with Gasteiger partial charge in [0.05, 0.1) is 0 Å². The fourth-order valence-corrected chi connectivity index (χ4v) is 4.39. The number of benzene rings is 3. The average Bonchev–Trinajstić information content (AvgIpc) is 3.26. The Labute approximate surface area is 207 Å². The highest BCUT2D eigenvalue weighted by Crippen LogP contribution is 2.37. The van der Waals surface area contributed by atoms with Gasteiger partial charge >= 0.3 is 6.61 Å². The minimum Gasteiger partial charge on any atom is -0.435 e. The van der Waals surface area contributed by atoms with Gasteiger partial charge < -0.3 is 14.5 Å². The standard InChI is InChI=1S/C23H15Cl2F2N3O3S/c24-15-10-16(25)12-17(11-15)28-20(31)19(13-4-2-1-3-5-13)34-23-30-29-21(33-23)14-6-8-18(9-7-14)32-22(26)27/h1-12,19,22H,(H,28,31). The highest BCUT2D eigenvalue weighted by molar-refractivity contribution is 8.00. The van der Waals surface area contributed by atoms with Crippen molar-refractivity contribution in [3.63, 3.8) is 0 Å². The number of nitrogens with zero attached hydrogens (tertiary/aromatic N) is 2. The summed E-state index contributed by atoms with van der Waals surface area (Å²) in [5.41, 5.74) is 1.67. The molecule has 0 radical (unpaired) electrons. The average molecular weight is 522 g/mol. The third kappa shape index (κ3) is 6.25. The summed E-state index contributed by atoms with van der Waals surface area (Å²) < 4.78 is 34.7. The Morgan fingerprint density at radius 3 is 2.29 bits per heavy atom. The van der Waals surface area contributed by atoms with Crippen molar-refractivity contribution in [2.24, 2.45) is 0 Å². The van der Waals surface area contributed by atoms with E-state index in [9.17, 15) is 13.6 Å². The Morgan fingerprint density at radius 1 is 0.971 bits per heavy atom. The molecule has 0 bridgehead atoms. The minimum absolute atomic E-state index is 0.00907. The molecule has 6 nitrogen and oxygen atoms in total. The van der Waals surface area contributed by atoms with Crippen LogP contribution in [0, 0.1) is 0 Å². The summed E-state index contributed by atoms with van der Waals surface area (Å²) in [6.45, 7) is -2.92. The zero-order chi connectivity index (χ0) is 24.1. The van der Waals surface area contributed by atoms with Crippen molar-refractivity contribution < 1.29 is 22.7 Å². The first kappa shape index (κ1) is 24.0. The number of carbonyl (C=O) groups excluding carboxylic acids is 1. The molecule has 4 rings (SSSR count). The van der Waals surface area contributed by atoms with Crippen molar-refractivity contribution in [1.29, 1.82) is 0 Å². The molecule has 1 aromatic heterocycles. The molecule has 4 aromatic rings. The van der Waals surface area contributed by atoms with Crippen LogP contribution < -0.4 is 10.1 Å². The van der Waals surface area contributed by atoms with Crippen LogP contribution in [0.15, 0.2) is 82.4 Å². The predicted molar refractivity (Wildman–Crippen MR) is 126 cm³/mol. The summed E-state index contributed by atoms with van der Waals surface area (Å²) in [6, 6.07) is 19.6. The number of alkyl halides is 2. The van der Waals surface area contributed by atoms with Crippen LogP contribution >= 0.6 is 35.0 Å². The maximum absolute atomic E-state index is 13.2. The Morgan fingerprint density at radius 2 is 1.65 bits per heavy atom. The normalized spacial score (nSPS) is 11.9. The zero-order valence-corrected chi connectivity index (χ0v) is 19.5. The minimum atomic E-state index is -2.92. The van der Waals surface area contributed by atoms with E-state index in [0.29, 0.717) is 26.9 Å². The summed E-state index contributed by atoms with van der Waals surface area (Å²) >= 11 is 13.1. The van der Waals surface area contributed by atoms with Gasteiger partial charge in [0.1, 0.15) is 11.0 Å². The van der Waals surface area contributed by atoms with Crippen LogP contribution in [-0.4, -0.2) is 22.7 Å². The SMILES string of the molecule is O=C(Nc1cc(Cl)cc(Cl)c1)C(Sc1nnc(-c2ccc(OC(F)F)cc2)o1)c1ccccc1. The summed E-state index contributed by atoms with van der Waals surface area (Å²) in [6.07, 6.45) is 0. The van der Waals surface area contributed by atoms with Crippen LogP contribution in [0.25, 0.3) is 11.5 Å². The van der Waals surface area contributed by atoms with Crippen molar-refractivity contribution in [3.05, 3.63) is 88.4 Å². The largest absolute Gasteiger partial charge is 0.435 e. The number of thioether (sulfide) groups is 1. The highest BCUT2D eigenvalue weighted by atomic mass is 35.5. The van der Waals surface area contributed by atoms with Crippen molar-refractivity contribution in [1.82, 2.24) is 10.2 Å². The maximum Gasteiger partial charge on any atom is 0.387 e. The van der Waals surface area contributed by atoms with Gasteiger partial charge in [0.25, 0.3) is 5.22 Å². The number of halogens is 4. The van der Waals surface area contributed by atoms with Crippen molar-refractivity contribution in [2.75, 3.05) is 5.32 Å². The van der Waals surface area contributed by atoms with Crippen LogP contribution in [0.1, 0.15) is 10.8 Å². The highest BCUT2D eigenvalue weighted by Gasteiger charge is 2.25. The molecule has 3 aromatic carbocycles. The van der Waals surface area contributed by atoms with Crippen molar-refractivity contribution in [3.8, 4) is 17.2 Å². The van der Waals surface area contributed by atoms with E-state index >= 15 is 0 Å². The van der Waals surface area contributed by atoms with E-state index in [1.54, 1.807) is 30.3 Å². The Hall–Kier alpha value is -3.14. The quantitative estimate of drug-likeness (QED) is 0.249. The fraction of sp³-hybridized carbons (Fsp3) is 0.0870. The number of ether oxygens (including phenoxy) is 1. The third-order valence-corrected chi connectivity index (χ3v) is 5.95. The van der Waals surface area contributed by atoms with Crippen LogP contribution in [0.2, 0.25) is 10.0 Å². The van der Waals surface area contributed by atoms with E-state index in [0.717, 1.165) is 11.8 Å². The van der Waals surface area contributed by atoms with E-state index in [1.807, 2.05) is 18.2 Å². The molecule has 0 spiro atoms. The molecule has 0 aliphatic heterocycles. The second kappa shape index (κ2) is 10.9. The van der Waals surface area contributed by atoms with E-state index in [4.69, 9.17) is 27.6 Å². The fourth-order valence-electron chi connectivity index (χ4n) is 2.99. The van der Waals surface area contributed by atoms with Crippen LogP contribution in [0.3, 0.4) is 0 Å². The molecular weight excluding hydrogens is 507 g/mol. The first-order valence-corrected chi connectivity index (χ1v) is 11.4. The second-order valence-corrected chi connectivity index (χ2v) is 8.76. The van der Waals surface area contributed by atoms with Gasteiger partial charge in [0, 0.05) is 21.3 Å². The number of amides is 1. The molecule has 34 heavy (non-hydrogen) atoms. The summed E-state index contributed by atoms with van der Waals surface area (Å²) in [4.78, 5) is 13.2. The molecule has 11 heteroatoms. The first-order valence-electron chi connectivity index (χ1n) is 9.75. The molecule has 0 saturated carbocycles. The van der Waals surface area contributed by atoms with Crippen molar-refractivity contribution in [2.45, 2.75) is 17.1 Å². The van der Waals surface area contributed by atoms with Crippen LogP contribution in [0.5, 0.6) is 5.75 Å². The molecule has 1 amide bonds. The lowest BCUT2D eigenvalue weighted by Gasteiger charge is -2.15. The molecule has 0 aliphatic rings. The number of carbonyl (C=O) groups is 1. The molecule has 1 unspecified atom stereocenters. The summed E-state index contributed by atoms with van der Waals surface area (Å²) in [7, 11) is 0. The van der Waals surface area contributed by atoms with Gasteiger partial charge in [-0.15, -0.1) is 10.2 Å². The Bertz CT molecular complexity index is 1250. The van der Waals surface area contributed by atoms with Gasteiger partial charge in [-0.25, -0.2) is 0 Å². The lowest BCUT2D eigenvalue weighted by atomic mass is 10.1. The molecule has 0 saturated heterocycles. The van der Waals surface area contributed by atoms with E-state index in [1.165, 1.54) is 24.3 Å². The zero-order valence-electron chi connectivity index (χ0n) is 17.1. The molecular formula is C23H15Cl2F2N3O3S. The lowest BCUT2D eigenvalue weighted by Crippen LogP contribution is -2.19. The molecule has 1 heterocycles. The smallest absolute Gasteiger partial charge is 0.387 e. The molecule has 1 N–H and O–H groups in total. The number of aromatic nitrogens is 2. The van der Waals surface area contributed by atoms with Gasteiger partial charge in [-0.2, -0.15) is 8.78 Å². The number of nitrogens with one attached hydrogen (secondary N) is 1. The van der Waals surface area contributed by atoms with E-state index < -0.39 is 11.9 Å². The van der Waals surface area contributed by atoms with Crippen molar-refractivity contribution >= 4 is 46.6 Å². The predicted octanol–water partition coefficient (Wildman–Crippen LogP) is 7.12. The molecule has 0 fully saturated rings. The maximum atomic E-state index is 13.2. The van der Waals surface area contributed by atoms with Crippen LogP contribution in [-0.2, 0) is 4.79 Å². The molecule has 1 atom stereocenters. The number of rotatable bonds is 8. The molecule has 0 aliphatic carbocycles. The lowest BCUT2D eigenvalue weighted by molar-refractivity contribution is -0.115. The van der Waals surface area contributed by atoms with Gasteiger partial charge in [-0.1, -0.05) is 53.5 Å². The Balaban J connectivity index is 1.54. The van der Waals surface area contributed by atoms with Gasteiger partial charge in [-0.3, -0.25) is 4.79 Å². The van der Waals surface area contributed by atoms with Gasteiger partial charge in [0.2, 0.25) is 11.8 Å². The van der Waals surface area contributed by atoms with E-state index in [2.05, 4.69) is 20.3 Å². The molecule has 174 valence electrons. The van der Waals surface area contributed by atoms with Crippen LogP contribution in [0.4, 0.5) is 14.5 Å². The topological polar surface area (TPSA) is 77.2 Å². The second-order valence-electron chi connectivity index (χ2n) is 6.83. The summed E-state index contributed by atoms with van der Waals surface area (Å²) in [5.74, 6) is -0.169. The number of hydrogen-bond acceptors (Lipinski definition) is 6. The Kier molecular flexibility index (Phi) is 7.66. The van der Waals surface area contributed by atoms with Gasteiger partial charge in [0.15, 0.2) is 0 Å². The monoisotopic (exact) mass is 521 g/mol. The van der Waals surface area contributed by atoms with E-state index in [-0.39, 0.29) is 22.8 Å². The third-order valence-electron chi connectivity index (χ3n) is 4.42. The number of anilines is 1. The summed E-state index contributed by atoms with van der Waals surface area (Å²) in [5, 5.41) is 11.0. The number of hydrogen-bond donors (Lipinski definition) is 1. The first-order chi connectivity index (χ1) is 16.4.